The fourth-order valence-corrected chi connectivity index (χ4v) is 3.96. The Labute approximate surface area is 182 Å². The zero-order chi connectivity index (χ0) is 23.3. The molecule has 0 aromatic heterocycles. The minimum atomic E-state index is -1.73. The predicted octanol–water partition coefficient (Wildman–Crippen LogP) is -0.337. The van der Waals surface area contributed by atoms with E-state index in [1.807, 2.05) is 0 Å². The average Bonchev–Trinajstić information content (AvgIpc) is 2.76. The zero-order valence-electron chi connectivity index (χ0n) is 17.2. The number of carbonyl (C=O) groups excluding carboxylic acids is 2. The first-order valence-electron chi connectivity index (χ1n) is 9.80. The van der Waals surface area contributed by atoms with Crippen molar-refractivity contribution in [2.24, 2.45) is 0 Å². The van der Waals surface area contributed by atoms with Crippen molar-refractivity contribution in [2.75, 3.05) is 13.7 Å². The maximum absolute atomic E-state index is 13.3. The topological polar surface area (TPSA) is 163 Å². The summed E-state index contributed by atoms with van der Waals surface area (Å²) in [6.07, 6.45) is -7.84. The Hall–Kier alpha value is -3.02. The molecular formula is C22H22O10. The average molecular weight is 446 g/mol. The van der Waals surface area contributed by atoms with Crippen LogP contribution < -0.4 is 9.47 Å². The van der Waals surface area contributed by atoms with Crippen molar-refractivity contribution in [1.29, 1.82) is 0 Å². The number of aliphatic hydroxyl groups excluding tert-OH is 4. The molecule has 5 N–H and O–H groups in total. The van der Waals surface area contributed by atoms with Crippen molar-refractivity contribution in [3.05, 3.63) is 52.1 Å². The summed E-state index contributed by atoms with van der Waals surface area (Å²) in [5.41, 5.74) is 0.223. The molecule has 0 unspecified atom stereocenters. The molecule has 10 nitrogen and oxygen atoms in total. The summed E-state index contributed by atoms with van der Waals surface area (Å²) in [7, 11) is 1.35. The number of ketones is 2. The Morgan fingerprint density at radius 3 is 2.28 bits per heavy atom. The van der Waals surface area contributed by atoms with Crippen LogP contribution in [0.15, 0.2) is 24.3 Å². The van der Waals surface area contributed by atoms with Crippen molar-refractivity contribution >= 4 is 11.6 Å². The predicted molar refractivity (Wildman–Crippen MR) is 107 cm³/mol. The number of phenols is 1. The highest BCUT2D eigenvalue weighted by atomic mass is 16.7. The van der Waals surface area contributed by atoms with Gasteiger partial charge in [0.2, 0.25) is 12.1 Å². The first-order chi connectivity index (χ1) is 15.2. The molecule has 2 aliphatic rings. The van der Waals surface area contributed by atoms with E-state index in [1.165, 1.54) is 31.4 Å². The maximum Gasteiger partial charge on any atom is 0.229 e. The number of hydrogen-bond acceptors (Lipinski definition) is 10. The second-order valence-electron chi connectivity index (χ2n) is 7.73. The summed E-state index contributed by atoms with van der Waals surface area (Å²) in [4.78, 5) is 26.5. The minimum Gasteiger partial charge on any atom is -0.507 e. The van der Waals surface area contributed by atoms with Gasteiger partial charge in [0.05, 0.1) is 24.8 Å². The van der Waals surface area contributed by atoms with Gasteiger partial charge >= 0.3 is 0 Å². The van der Waals surface area contributed by atoms with Gasteiger partial charge in [-0.05, 0) is 30.7 Å². The first-order valence-corrected chi connectivity index (χ1v) is 9.80. The Morgan fingerprint density at radius 1 is 0.938 bits per heavy atom. The lowest BCUT2D eigenvalue weighted by molar-refractivity contribution is -0.277. The fourth-order valence-electron chi connectivity index (χ4n) is 3.96. The monoisotopic (exact) mass is 446 g/mol. The molecule has 32 heavy (non-hydrogen) atoms. The van der Waals surface area contributed by atoms with Gasteiger partial charge in [0.25, 0.3) is 0 Å². The van der Waals surface area contributed by atoms with Crippen LogP contribution in [0.4, 0.5) is 0 Å². The first kappa shape index (κ1) is 22.2. The van der Waals surface area contributed by atoms with Crippen LogP contribution in [0.5, 0.6) is 17.2 Å². The molecule has 170 valence electrons. The van der Waals surface area contributed by atoms with Gasteiger partial charge in [-0.1, -0.05) is 0 Å². The Morgan fingerprint density at radius 2 is 1.62 bits per heavy atom. The summed E-state index contributed by atoms with van der Waals surface area (Å²) in [5.74, 6) is -1.61. The number of aromatic hydroxyl groups is 1. The highest BCUT2D eigenvalue weighted by Gasteiger charge is 2.45. The van der Waals surface area contributed by atoms with Crippen LogP contribution in [-0.4, -0.2) is 81.5 Å². The number of fused-ring (bicyclic) bond motifs is 2. The minimum absolute atomic E-state index is 0.0343. The number of rotatable bonds is 4. The summed E-state index contributed by atoms with van der Waals surface area (Å²) >= 11 is 0. The Balaban J connectivity index is 1.82. The highest BCUT2D eigenvalue weighted by Crippen LogP contribution is 2.40. The van der Waals surface area contributed by atoms with E-state index in [-0.39, 0.29) is 39.5 Å². The quantitative estimate of drug-likeness (QED) is 0.358. The van der Waals surface area contributed by atoms with Gasteiger partial charge in [0, 0.05) is 17.2 Å². The van der Waals surface area contributed by atoms with Gasteiger partial charge in [-0.3, -0.25) is 9.59 Å². The second-order valence-corrected chi connectivity index (χ2v) is 7.73. The summed E-state index contributed by atoms with van der Waals surface area (Å²) < 4.78 is 16.2. The summed E-state index contributed by atoms with van der Waals surface area (Å²) in [6.45, 7) is 1.01. The summed E-state index contributed by atoms with van der Waals surface area (Å²) in [5, 5.41) is 50.0. The second kappa shape index (κ2) is 8.15. The molecule has 1 aliphatic carbocycles. The maximum atomic E-state index is 13.3. The molecule has 4 rings (SSSR count). The number of methoxy groups -OCH3 is 1. The number of ether oxygens (including phenoxy) is 3. The summed E-state index contributed by atoms with van der Waals surface area (Å²) in [6, 6.07) is 5.51. The molecule has 2 aromatic carbocycles. The van der Waals surface area contributed by atoms with Crippen LogP contribution in [-0.2, 0) is 4.74 Å². The van der Waals surface area contributed by atoms with Gasteiger partial charge in [0.1, 0.15) is 41.7 Å². The van der Waals surface area contributed by atoms with Crippen LogP contribution in [0.25, 0.3) is 0 Å². The van der Waals surface area contributed by atoms with E-state index >= 15 is 0 Å². The van der Waals surface area contributed by atoms with Gasteiger partial charge in [0.15, 0.2) is 5.78 Å². The van der Waals surface area contributed by atoms with Crippen LogP contribution in [0.3, 0.4) is 0 Å². The molecule has 1 aliphatic heterocycles. The van der Waals surface area contributed by atoms with E-state index in [2.05, 4.69) is 0 Å². The Bertz CT molecular complexity index is 1090. The van der Waals surface area contributed by atoms with E-state index in [1.54, 1.807) is 6.92 Å². The van der Waals surface area contributed by atoms with Crippen LogP contribution in [0.2, 0.25) is 0 Å². The lowest BCUT2D eigenvalue weighted by Gasteiger charge is -2.39. The third-order valence-corrected chi connectivity index (χ3v) is 5.61. The van der Waals surface area contributed by atoms with Crippen LogP contribution >= 0.6 is 0 Å². The number of aryl methyl sites for hydroxylation is 1. The van der Waals surface area contributed by atoms with Crippen molar-refractivity contribution in [3.8, 4) is 17.2 Å². The molecular weight excluding hydrogens is 424 g/mol. The third kappa shape index (κ3) is 3.42. The lowest BCUT2D eigenvalue weighted by atomic mass is 9.82. The molecule has 1 saturated heterocycles. The van der Waals surface area contributed by atoms with Crippen molar-refractivity contribution in [1.82, 2.24) is 0 Å². The number of aliphatic hydroxyl groups is 4. The molecule has 1 fully saturated rings. The number of benzene rings is 2. The van der Waals surface area contributed by atoms with Crippen molar-refractivity contribution < 1.29 is 49.3 Å². The van der Waals surface area contributed by atoms with Crippen LogP contribution in [0.1, 0.15) is 37.4 Å². The number of hydrogen-bond donors (Lipinski definition) is 5. The standard InChI is InChI=1S/C22H22O10/c1-8-3-10-15(12(24)4-8)19(27)16-11(17(10)25)5-9(30-2)6-13(16)31-22-21(29)20(28)18(26)14(7-23)32-22/h3-6,14,18,20-24,26,28-29H,7H2,1-2H3/t14-,18-,20+,21-,22-/m1/s1. The van der Waals surface area contributed by atoms with Gasteiger partial charge in [-0.15, -0.1) is 0 Å². The van der Waals surface area contributed by atoms with Crippen molar-refractivity contribution in [3.63, 3.8) is 0 Å². The molecule has 5 atom stereocenters. The SMILES string of the molecule is COc1cc(O[C@@H]2O[C@H](CO)[C@@H](O)[C@H](O)[C@H]2O)c2c(c1)C(=O)c1cc(C)cc(O)c1C2=O. The number of carbonyl (C=O) groups is 2. The van der Waals surface area contributed by atoms with Crippen molar-refractivity contribution in [2.45, 2.75) is 37.6 Å². The third-order valence-electron chi connectivity index (χ3n) is 5.61. The molecule has 0 spiro atoms. The van der Waals surface area contributed by atoms with Gasteiger partial charge in [-0.25, -0.2) is 0 Å². The normalized spacial score (nSPS) is 27.0. The highest BCUT2D eigenvalue weighted by molar-refractivity contribution is 6.30. The van der Waals surface area contributed by atoms with Gasteiger partial charge < -0.3 is 39.7 Å². The molecule has 0 amide bonds. The van der Waals surface area contributed by atoms with E-state index in [4.69, 9.17) is 14.2 Å². The smallest absolute Gasteiger partial charge is 0.229 e. The molecule has 10 heteroatoms. The van der Waals surface area contributed by atoms with E-state index in [0.717, 1.165) is 0 Å². The molecule has 1 heterocycles. The van der Waals surface area contributed by atoms with Gasteiger partial charge in [-0.2, -0.15) is 0 Å². The Kier molecular flexibility index (Phi) is 5.65. The van der Waals surface area contributed by atoms with E-state index < -0.39 is 48.9 Å². The van der Waals surface area contributed by atoms with E-state index in [0.29, 0.717) is 5.56 Å². The lowest BCUT2D eigenvalue weighted by Crippen LogP contribution is -2.60. The molecule has 0 radical (unpaired) electrons. The molecule has 0 bridgehead atoms. The van der Waals surface area contributed by atoms with E-state index in [9.17, 15) is 35.1 Å². The largest absolute Gasteiger partial charge is 0.507 e. The molecule has 2 aromatic rings. The number of phenolic OH excluding ortho intramolecular Hbond substituents is 1. The van der Waals surface area contributed by atoms with Crippen LogP contribution in [0, 0.1) is 6.92 Å². The molecule has 0 saturated carbocycles. The fraction of sp³-hybridized carbons (Fsp3) is 0.364. The zero-order valence-corrected chi connectivity index (χ0v) is 17.2.